The largest absolute Gasteiger partial charge is 0.493 e. The van der Waals surface area contributed by atoms with Gasteiger partial charge in [0.1, 0.15) is 5.82 Å². The van der Waals surface area contributed by atoms with E-state index >= 15 is 0 Å². The van der Waals surface area contributed by atoms with E-state index in [0.717, 1.165) is 38.5 Å². The molecule has 140 valence electrons. The number of halogens is 1. The minimum atomic E-state index is -0.276. The molecule has 4 rings (SSSR count). The summed E-state index contributed by atoms with van der Waals surface area (Å²) in [5.74, 6) is 1.01. The molecule has 0 heterocycles. The van der Waals surface area contributed by atoms with Gasteiger partial charge in [0.25, 0.3) is 0 Å². The number of methoxy groups -OCH3 is 2. The lowest BCUT2D eigenvalue weighted by Gasteiger charge is -2.14. The van der Waals surface area contributed by atoms with Gasteiger partial charge in [0.15, 0.2) is 11.5 Å². The van der Waals surface area contributed by atoms with Crippen molar-refractivity contribution in [3.05, 3.63) is 89.2 Å². The molecule has 0 unspecified atom stereocenters. The number of allylic oxidation sites excluding steroid dienone is 1. The fourth-order valence-corrected chi connectivity index (χ4v) is 3.75. The highest BCUT2D eigenvalue weighted by atomic mass is 32.1. The van der Waals surface area contributed by atoms with Crippen molar-refractivity contribution in [3.8, 4) is 11.5 Å². The van der Waals surface area contributed by atoms with E-state index in [1.54, 1.807) is 26.4 Å². The van der Waals surface area contributed by atoms with Gasteiger partial charge in [-0.1, -0.05) is 42.5 Å². The third-order valence-electron chi connectivity index (χ3n) is 4.70. The van der Waals surface area contributed by atoms with Crippen molar-refractivity contribution in [2.75, 3.05) is 19.5 Å². The van der Waals surface area contributed by atoms with Crippen LogP contribution >= 0.6 is 12.2 Å². The minimum Gasteiger partial charge on any atom is -0.493 e. The van der Waals surface area contributed by atoms with Crippen molar-refractivity contribution in [3.63, 3.8) is 0 Å². The smallest absolute Gasteiger partial charge is 0.161 e. The molecule has 5 heteroatoms. The number of nitrogens with one attached hydrogen (secondary N) is 1. The van der Waals surface area contributed by atoms with Crippen LogP contribution in [0.15, 0.2) is 66.7 Å². The molecule has 0 aromatic heterocycles. The van der Waals surface area contributed by atoms with Crippen molar-refractivity contribution >= 4 is 34.0 Å². The van der Waals surface area contributed by atoms with E-state index in [1.165, 1.54) is 12.1 Å². The number of fused-ring (bicyclic) bond motifs is 1. The number of ether oxygens (including phenoxy) is 2. The number of anilines is 1. The second-order valence-electron chi connectivity index (χ2n) is 6.33. The highest BCUT2D eigenvalue weighted by molar-refractivity contribution is 7.82. The van der Waals surface area contributed by atoms with Crippen LogP contribution in [0.2, 0.25) is 0 Å². The van der Waals surface area contributed by atoms with Crippen LogP contribution in [0.1, 0.15) is 16.7 Å². The fraction of sp³-hybridized carbons (Fsp3) is 0.0870. The summed E-state index contributed by atoms with van der Waals surface area (Å²) in [6.45, 7) is 0. The summed E-state index contributed by atoms with van der Waals surface area (Å²) >= 11 is 5.80. The lowest BCUT2D eigenvalue weighted by atomic mass is 10.0. The van der Waals surface area contributed by atoms with Crippen LogP contribution in [0.3, 0.4) is 0 Å². The molecule has 28 heavy (non-hydrogen) atoms. The van der Waals surface area contributed by atoms with E-state index in [1.807, 2.05) is 42.5 Å². The van der Waals surface area contributed by atoms with Crippen LogP contribution in [0.25, 0.3) is 11.3 Å². The zero-order chi connectivity index (χ0) is 19.7. The lowest BCUT2D eigenvalue weighted by molar-refractivity contribution is 0.355. The number of benzene rings is 3. The molecule has 0 fully saturated rings. The molecule has 0 spiro atoms. The van der Waals surface area contributed by atoms with Crippen molar-refractivity contribution in [1.82, 2.24) is 0 Å². The monoisotopic (exact) mass is 391 g/mol. The highest BCUT2D eigenvalue weighted by Gasteiger charge is 2.28. The Morgan fingerprint density at radius 3 is 2.18 bits per heavy atom. The predicted molar refractivity (Wildman–Crippen MR) is 115 cm³/mol. The number of hydrogen-bond acceptors (Lipinski definition) is 4. The van der Waals surface area contributed by atoms with Gasteiger partial charge in [-0.15, -0.1) is 0 Å². The first kappa shape index (κ1) is 18.2. The summed E-state index contributed by atoms with van der Waals surface area (Å²) in [5.41, 5.74) is 5.51. The van der Waals surface area contributed by atoms with Crippen molar-refractivity contribution < 1.29 is 13.9 Å². The van der Waals surface area contributed by atoms with Crippen LogP contribution < -0.4 is 14.8 Å². The van der Waals surface area contributed by atoms with E-state index in [4.69, 9.17) is 21.7 Å². The van der Waals surface area contributed by atoms with Gasteiger partial charge in [0.2, 0.25) is 0 Å². The molecule has 1 N–H and O–H groups in total. The van der Waals surface area contributed by atoms with Crippen LogP contribution in [0, 0.1) is 5.82 Å². The quantitative estimate of drug-likeness (QED) is 0.577. The maximum absolute atomic E-state index is 13.3. The summed E-state index contributed by atoms with van der Waals surface area (Å²) < 4.78 is 24.1. The van der Waals surface area contributed by atoms with E-state index in [9.17, 15) is 4.39 Å². The summed E-state index contributed by atoms with van der Waals surface area (Å²) in [5, 5.41) is 3.42. The lowest BCUT2D eigenvalue weighted by Crippen LogP contribution is -2.01. The number of thiocarbonyl (C=S) groups is 1. The Morgan fingerprint density at radius 1 is 0.821 bits per heavy atom. The Hall–Kier alpha value is -3.18. The average Bonchev–Trinajstić information content (AvgIpc) is 3.01. The topological polar surface area (TPSA) is 30.5 Å². The van der Waals surface area contributed by atoms with E-state index < -0.39 is 0 Å². The predicted octanol–water partition coefficient (Wildman–Crippen LogP) is 5.55. The van der Waals surface area contributed by atoms with Gasteiger partial charge in [0.05, 0.1) is 24.8 Å². The SMILES string of the molecule is COc1ccc(C2=C(Nc3ccc(F)cc3)c3ccccc3C2=S)cc1OC. The summed E-state index contributed by atoms with van der Waals surface area (Å²) in [6.07, 6.45) is 0. The first-order valence-corrected chi connectivity index (χ1v) is 9.16. The maximum atomic E-state index is 13.3. The summed E-state index contributed by atoms with van der Waals surface area (Å²) in [4.78, 5) is 0.757. The highest BCUT2D eigenvalue weighted by Crippen LogP contribution is 2.41. The third kappa shape index (κ3) is 3.14. The Bertz CT molecular complexity index is 1090. The number of hydrogen-bond donors (Lipinski definition) is 1. The molecule has 0 saturated heterocycles. The van der Waals surface area contributed by atoms with Gasteiger partial charge in [-0.25, -0.2) is 4.39 Å². The molecule has 0 amide bonds. The summed E-state index contributed by atoms with van der Waals surface area (Å²) in [6, 6.07) is 20.0. The molecule has 3 aromatic rings. The molecule has 0 radical (unpaired) electrons. The Morgan fingerprint density at radius 2 is 1.50 bits per heavy atom. The van der Waals surface area contributed by atoms with Gasteiger partial charge < -0.3 is 14.8 Å². The van der Waals surface area contributed by atoms with Crippen LogP contribution in [-0.2, 0) is 0 Å². The molecule has 0 saturated carbocycles. The molecule has 0 atom stereocenters. The first-order valence-electron chi connectivity index (χ1n) is 8.75. The van der Waals surface area contributed by atoms with E-state index in [-0.39, 0.29) is 5.82 Å². The Labute approximate surface area is 168 Å². The molecule has 0 bridgehead atoms. The second kappa shape index (κ2) is 7.44. The van der Waals surface area contributed by atoms with E-state index in [2.05, 4.69) is 5.32 Å². The Balaban J connectivity index is 1.87. The van der Waals surface area contributed by atoms with E-state index in [0.29, 0.717) is 11.5 Å². The normalized spacial score (nSPS) is 12.8. The molecule has 3 nitrogen and oxygen atoms in total. The zero-order valence-corrected chi connectivity index (χ0v) is 16.3. The summed E-state index contributed by atoms with van der Waals surface area (Å²) in [7, 11) is 3.21. The fourth-order valence-electron chi connectivity index (χ4n) is 3.36. The van der Waals surface area contributed by atoms with Crippen LogP contribution in [-0.4, -0.2) is 19.1 Å². The van der Waals surface area contributed by atoms with Gasteiger partial charge in [-0.05, 0) is 42.0 Å². The van der Waals surface area contributed by atoms with Crippen LogP contribution in [0.4, 0.5) is 10.1 Å². The molecular weight excluding hydrogens is 373 g/mol. The van der Waals surface area contributed by atoms with Gasteiger partial charge in [-0.2, -0.15) is 0 Å². The second-order valence-corrected chi connectivity index (χ2v) is 6.73. The Kier molecular flexibility index (Phi) is 4.84. The average molecular weight is 391 g/mol. The molecular formula is C23H18FNO2S. The van der Waals surface area contributed by atoms with Crippen molar-refractivity contribution in [2.45, 2.75) is 0 Å². The zero-order valence-electron chi connectivity index (χ0n) is 15.5. The minimum absolute atomic E-state index is 0.276. The maximum Gasteiger partial charge on any atom is 0.161 e. The third-order valence-corrected chi connectivity index (χ3v) is 5.13. The van der Waals surface area contributed by atoms with Gasteiger partial charge in [-0.3, -0.25) is 0 Å². The molecule has 1 aliphatic carbocycles. The standard InChI is InChI=1S/C23H18FNO2S/c1-26-19-12-7-14(13-20(19)27-2)21-22(25-16-10-8-15(24)9-11-16)17-5-3-4-6-18(17)23(21)28/h3-13,25H,1-2H3. The molecule has 3 aromatic carbocycles. The molecule has 1 aliphatic rings. The first-order chi connectivity index (χ1) is 13.6. The van der Waals surface area contributed by atoms with Crippen molar-refractivity contribution in [1.29, 1.82) is 0 Å². The van der Waals surface area contributed by atoms with Gasteiger partial charge in [0, 0.05) is 22.4 Å². The van der Waals surface area contributed by atoms with Crippen molar-refractivity contribution in [2.24, 2.45) is 0 Å². The molecule has 0 aliphatic heterocycles. The number of rotatable bonds is 5. The van der Waals surface area contributed by atoms with Crippen LogP contribution in [0.5, 0.6) is 11.5 Å². The van der Waals surface area contributed by atoms with Gasteiger partial charge >= 0.3 is 0 Å².